The summed E-state index contributed by atoms with van der Waals surface area (Å²) in [7, 11) is 5.43. The summed E-state index contributed by atoms with van der Waals surface area (Å²) in [6.07, 6.45) is 3.55. The van der Waals surface area contributed by atoms with E-state index in [2.05, 4.69) is 0 Å². The van der Waals surface area contributed by atoms with Crippen LogP contribution in [0.25, 0.3) is 0 Å². The molecule has 436 valence electrons. The van der Waals surface area contributed by atoms with Crippen molar-refractivity contribution in [2.75, 3.05) is 20.8 Å². The maximum Gasteiger partial charge on any atom is 0.347 e. The lowest BCUT2D eigenvalue weighted by molar-refractivity contribution is -0.265. The van der Waals surface area contributed by atoms with Crippen LogP contribution in [-0.2, 0) is 62.6 Å². The van der Waals surface area contributed by atoms with Gasteiger partial charge in [-0.25, -0.2) is 51.8 Å². The van der Waals surface area contributed by atoms with Gasteiger partial charge in [0.25, 0.3) is 11.7 Å². The average Bonchev–Trinajstić information content (AvgIpc) is 4.05. The molecule has 7 heterocycles. The molecule has 23 nitrogen and oxygen atoms in total. The molecule has 3 fully saturated rings. The van der Waals surface area contributed by atoms with Crippen LogP contribution in [0.1, 0.15) is 144 Å². The molecule has 4 unspecified atom stereocenters. The zero-order valence-corrected chi connectivity index (χ0v) is 47.4. The number of methoxy groups -OCH3 is 2. The molecule has 79 heavy (non-hydrogen) atoms. The van der Waals surface area contributed by atoms with Gasteiger partial charge in [0.2, 0.25) is 5.79 Å². The molecule has 5 aliphatic heterocycles. The number of carbonyl (C=O) groups is 5. The molecule has 23 heteroatoms. The Hall–Kier alpha value is -5.59. The van der Waals surface area contributed by atoms with Crippen LogP contribution in [0, 0.1) is 29.6 Å². The van der Waals surface area contributed by atoms with E-state index in [-0.39, 0.29) is 62.3 Å². The second kappa shape index (κ2) is 23.1. The molecule has 0 spiro atoms. The smallest absolute Gasteiger partial charge is 0.347 e. The summed E-state index contributed by atoms with van der Waals surface area (Å²) >= 11 is 0. The Morgan fingerprint density at radius 3 is 2.14 bits per heavy atom. The van der Waals surface area contributed by atoms with Crippen LogP contribution in [0.4, 0.5) is 0 Å². The molecule has 2 saturated heterocycles. The predicted octanol–water partition coefficient (Wildman–Crippen LogP) is 2.06. The second-order valence-corrected chi connectivity index (χ2v) is 23.9. The third kappa shape index (κ3) is 10.8. The van der Waals surface area contributed by atoms with E-state index >= 15 is 0 Å². The molecule has 2 aromatic rings. The van der Waals surface area contributed by atoms with Gasteiger partial charge in [0.05, 0.1) is 36.4 Å². The minimum Gasteiger partial charge on any atom is -0.460 e. The Labute approximate surface area is 458 Å². The number of aliphatic hydroxyl groups excluding tert-OH is 2. The minimum atomic E-state index is -2.76. The number of ketones is 3. The number of aromatic nitrogens is 6. The first-order chi connectivity index (χ1) is 37.2. The predicted molar refractivity (Wildman–Crippen MR) is 285 cm³/mol. The monoisotopic (exact) mass is 1110 g/mol. The zero-order chi connectivity index (χ0) is 57.9. The van der Waals surface area contributed by atoms with Crippen LogP contribution in [0.3, 0.4) is 0 Å². The first kappa shape index (κ1) is 59.5. The number of nitrogens with zero attached hydrogens (tertiary/aromatic N) is 7. The van der Waals surface area contributed by atoms with Crippen LogP contribution in [0.15, 0.2) is 54.6 Å². The molecule has 2 aromatic heterocycles. The van der Waals surface area contributed by atoms with E-state index in [4.69, 9.17) is 18.9 Å². The highest BCUT2D eigenvalue weighted by Gasteiger charge is 2.56. The summed E-state index contributed by atoms with van der Waals surface area (Å²) in [4.78, 5) is 132. The number of carbonyl (C=O) groups excluding carboxylic acids is 5. The number of rotatable bonds is 5. The third-order valence-corrected chi connectivity index (χ3v) is 18.4. The van der Waals surface area contributed by atoms with E-state index in [1.165, 1.54) is 53.1 Å². The van der Waals surface area contributed by atoms with Crippen molar-refractivity contribution >= 4 is 29.2 Å². The number of cyclic esters (lactones) is 1. The van der Waals surface area contributed by atoms with Crippen molar-refractivity contribution in [1.29, 1.82) is 0 Å². The lowest BCUT2D eigenvalue weighted by Crippen LogP contribution is -2.61. The molecular formula is C56H81N7O16. The van der Waals surface area contributed by atoms with Crippen molar-refractivity contribution in [3.05, 3.63) is 77.4 Å². The fourth-order valence-electron chi connectivity index (χ4n) is 13.5. The highest BCUT2D eigenvalue weighted by Crippen LogP contribution is 2.46. The number of amides is 1. The largest absolute Gasteiger partial charge is 0.460 e. The minimum absolute atomic E-state index is 0.0435. The van der Waals surface area contributed by atoms with Gasteiger partial charge in [0.15, 0.2) is 5.78 Å². The van der Waals surface area contributed by atoms with Crippen LogP contribution in [0.5, 0.6) is 0 Å². The molecule has 1 aliphatic carbocycles. The molecule has 0 aromatic carbocycles. The summed E-state index contributed by atoms with van der Waals surface area (Å²) in [5, 5.41) is 34.8. The lowest BCUT2D eigenvalue weighted by Gasteiger charge is -2.48. The number of fused-ring (bicyclic) bond motifs is 5. The number of aliphatic hydroxyl groups is 3. The van der Waals surface area contributed by atoms with E-state index in [1.54, 1.807) is 59.8 Å². The third-order valence-electron chi connectivity index (χ3n) is 18.4. The number of ether oxygens (including phenoxy) is 4. The van der Waals surface area contributed by atoms with Crippen molar-refractivity contribution < 1.29 is 58.2 Å². The zero-order valence-electron chi connectivity index (χ0n) is 47.4. The Bertz CT molecular complexity index is 3050. The first-order valence-electron chi connectivity index (χ1n) is 28.0. The van der Waals surface area contributed by atoms with Crippen molar-refractivity contribution in [1.82, 2.24) is 32.8 Å². The fourth-order valence-corrected chi connectivity index (χ4v) is 13.5. The Morgan fingerprint density at radius 2 is 1.46 bits per heavy atom. The van der Waals surface area contributed by atoms with Gasteiger partial charge in [-0.2, -0.15) is 0 Å². The number of Topliss-reactive ketones (excluding diaryl/α,β-unsaturated/α-hetero) is 3. The van der Waals surface area contributed by atoms with Crippen LogP contribution >= 0.6 is 0 Å². The number of esters is 1. The van der Waals surface area contributed by atoms with Crippen molar-refractivity contribution in [3.8, 4) is 0 Å². The number of allylic oxidation sites excluding steroid dienone is 5. The summed E-state index contributed by atoms with van der Waals surface area (Å²) in [5.74, 6) is -9.98. The summed E-state index contributed by atoms with van der Waals surface area (Å²) in [5.41, 5.74) is -3.80. The Morgan fingerprint density at radius 1 is 0.785 bits per heavy atom. The fraction of sp³-hybridized carbons (Fsp3) is 0.732. The van der Waals surface area contributed by atoms with Crippen molar-refractivity contribution in [2.24, 2.45) is 43.7 Å². The molecule has 3 N–H and O–H groups in total. The molecule has 8 rings (SSSR count). The molecule has 0 radical (unpaired) electrons. The maximum absolute atomic E-state index is 14.8. The van der Waals surface area contributed by atoms with E-state index in [1.807, 2.05) is 6.92 Å². The first-order valence-corrected chi connectivity index (χ1v) is 28.0. The average molecular weight is 1110 g/mol. The normalized spacial score (nSPS) is 38.1. The highest BCUT2D eigenvalue weighted by molar-refractivity contribution is 6.39. The van der Waals surface area contributed by atoms with Crippen LogP contribution in [0.2, 0.25) is 0 Å². The lowest BCUT2D eigenvalue weighted by atomic mass is 9.78. The van der Waals surface area contributed by atoms with Gasteiger partial charge in [-0.1, -0.05) is 57.6 Å². The van der Waals surface area contributed by atoms with Gasteiger partial charge < -0.3 is 39.2 Å². The summed E-state index contributed by atoms with van der Waals surface area (Å²) < 4.78 is 30.7. The molecule has 1 amide bonds. The van der Waals surface area contributed by atoms with Crippen LogP contribution < -0.4 is 22.8 Å². The molecule has 6 aliphatic rings. The molecule has 1 saturated carbocycles. The van der Waals surface area contributed by atoms with Crippen LogP contribution in [-0.4, -0.2) is 147 Å². The molecule has 17 atom stereocenters. The van der Waals surface area contributed by atoms with Gasteiger partial charge in [-0.15, -0.1) is 0 Å². The van der Waals surface area contributed by atoms with E-state index in [9.17, 15) is 58.5 Å². The number of piperidine rings is 1. The van der Waals surface area contributed by atoms with Gasteiger partial charge >= 0.3 is 28.7 Å². The quantitative estimate of drug-likeness (QED) is 0.220. The van der Waals surface area contributed by atoms with Gasteiger partial charge in [0.1, 0.15) is 35.7 Å². The topological polar surface area (TPSA) is 284 Å². The Balaban J connectivity index is 1.23. The Kier molecular flexibility index (Phi) is 17.4. The maximum atomic E-state index is 14.8. The standard InChI is InChI=1S/C56H81N7O16/c1-29-22-32(4)45(66)47(77-11)46(67)33(5)24-30(2)41(65)28-42(31(3)25-35-16-18-40(64)43(26-35)76-10)78-50(70)38-14-12-13-21-59(38)49(69)48(68)56(75)34(6)15-17-36(79-56)27-44-55(7)20-19-37(61-52(72)58(9)54(74)63(55)61)39(23-29)60-51(71)57(8)53(73)62(44)60/h19-20,23-24,30-32,34-40,42-44,46-47,64,67,75H,12-18,21-22,25-28H2,1-11H3/b29-23+,33-24+/t30-,31+,32+,34+,35-,36-,37?,38-,39?,40+,42-,43+,44?,46-,47+,55?,56+/m0/s1. The van der Waals surface area contributed by atoms with E-state index < -0.39 is 142 Å². The van der Waals surface area contributed by atoms with Gasteiger partial charge in [-0.3, -0.25) is 19.2 Å². The highest BCUT2D eigenvalue weighted by atomic mass is 16.6. The van der Waals surface area contributed by atoms with Crippen molar-refractivity contribution in [2.45, 2.75) is 198 Å². The van der Waals surface area contributed by atoms with E-state index in [0.717, 1.165) is 14.0 Å². The van der Waals surface area contributed by atoms with Gasteiger partial charge in [0, 0.05) is 59.0 Å². The summed E-state index contributed by atoms with van der Waals surface area (Å²) in [6.45, 7) is 11.6. The molecule has 6 bridgehead atoms. The number of hydrogen-bond acceptors (Lipinski definition) is 16. The van der Waals surface area contributed by atoms with Gasteiger partial charge in [-0.05, 0) is 109 Å². The van der Waals surface area contributed by atoms with E-state index in [0.29, 0.717) is 44.1 Å². The summed E-state index contributed by atoms with van der Waals surface area (Å²) in [6, 6.07) is -4.80. The number of hydrogen-bond donors (Lipinski definition) is 3. The molecular weight excluding hydrogens is 1030 g/mol. The second-order valence-electron chi connectivity index (χ2n) is 23.9. The SMILES string of the molecule is CO[C@@H]1C(=O)[C@H](C)C/C(C)=C/C2C3C=CC(C)(C(C[C@@H]4CC[C@@H](C)[C@@](O)(O4)C(=O)C(=O)N4CCCC[C@H]4C(=O)O[C@H]([C@H](C)C[C@@H]4CC[C@@H](O)[C@H](OC)C4)CC(=O)[C@@H](C)/C=C(\C)[C@@H]1O)n1c(=O)n(C)c(=O)n12)n1c(=O)n(C)c(=O)n13. The van der Waals surface area contributed by atoms with Crippen molar-refractivity contribution in [3.63, 3.8) is 0 Å².